The first kappa shape index (κ1) is 14.4. The van der Waals surface area contributed by atoms with E-state index in [4.69, 9.17) is 11.5 Å². The van der Waals surface area contributed by atoms with Gasteiger partial charge in [-0.1, -0.05) is 5.21 Å². The van der Waals surface area contributed by atoms with E-state index >= 15 is 0 Å². The molecule has 0 spiro atoms. The summed E-state index contributed by atoms with van der Waals surface area (Å²) in [5, 5.41) is 10.5. The average molecular weight is 280 g/mol. The molecule has 2 amide bonds. The Bertz CT molecular complexity index is 478. The average Bonchev–Trinajstić information content (AvgIpc) is 2.88. The summed E-state index contributed by atoms with van der Waals surface area (Å²) in [4.78, 5) is 23.1. The van der Waals surface area contributed by atoms with Crippen molar-refractivity contribution in [1.29, 1.82) is 0 Å². The second-order valence-electron chi connectivity index (χ2n) is 5.08. The number of nitrogens with zero attached hydrogens (tertiary/aromatic N) is 3. The summed E-state index contributed by atoms with van der Waals surface area (Å²) in [7, 11) is 0. The minimum absolute atomic E-state index is 0.0615. The van der Waals surface area contributed by atoms with E-state index in [0.717, 1.165) is 25.7 Å². The Morgan fingerprint density at radius 3 is 2.65 bits per heavy atom. The zero-order chi connectivity index (χ0) is 14.5. The number of amides is 2. The van der Waals surface area contributed by atoms with Gasteiger partial charge in [0.1, 0.15) is 0 Å². The third kappa shape index (κ3) is 3.53. The van der Waals surface area contributed by atoms with Gasteiger partial charge < -0.3 is 16.8 Å². The minimum Gasteiger partial charge on any atom is -0.369 e. The van der Waals surface area contributed by atoms with E-state index in [1.807, 2.05) is 0 Å². The molecule has 8 heteroatoms. The van der Waals surface area contributed by atoms with E-state index in [1.54, 1.807) is 10.9 Å². The number of aromatic nitrogens is 3. The molecule has 1 fully saturated rings. The van der Waals surface area contributed by atoms with E-state index in [0.29, 0.717) is 13.1 Å². The maximum Gasteiger partial charge on any atom is 0.273 e. The van der Waals surface area contributed by atoms with Gasteiger partial charge in [0.15, 0.2) is 5.69 Å². The highest BCUT2D eigenvalue weighted by atomic mass is 16.2. The van der Waals surface area contributed by atoms with Gasteiger partial charge in [0.25, 0.3) is 5.91 Å². The zero-order valence-corrected chi connectivity index (χ0v) is 11.3. The summed E-state index contributed by atoms with van der Waals surface area (Å²) in [6.07, 6.45) is 4.55. The maximum absolute atomic E-state index is 12.0. The molecule has 1 saturated carbocycles. The second kappa shape index (κ2) is 6.47. The molecule has 0 aromatic carbocycles. The predicted molar refractivity (Wildman–Crippen MR) is 71.5 cm³/mol. The van der Waals surface area contributed by atoms with Gasteiger partial charge in [-0.3, -0.25) is 14.3 Å². The molecule has 110 valence electrons. The molecule has 1 aromatic heterocycles. The Morgan fingerprint density at radius 1 is 1.35 bits per heavy atom. The zero-order valence-electron chi connectivity index (χ0n) is 11.3. The highest BCUT2D eigenvalue weighted by Gasteiger charge is 2.26. The summed E-state index contributed by atoms with van der Waals surface area (Å²) < 4.78 is 1.54. The second-order valence-corrected chi connectivity index (χ2v) is 5.08. The summed E-state index contributed by atoms with van der Waals surface area (Å²) in [5.41, 5.74) is 11.0. The smallest absolute Gasteiger partial charge is 0.273 e. The molecule has 0 unspecified atom stereocenters. The fourth-order valence-corrected chi connectivity index (χ4v) is 2.43. The fraction of sp³-hybridized carbons (Fsp3) is 0.667. The normalized spacial score (nSPS) is 22.4. The summed E-state index contributed by atoms with van der Waals surface area (Å²) in [6, 6.07) is 0.0674. The van der Waals surface area contributed by atoms with E-state index < -0.39 is 0 Å². The Hall–Kier alpha value is -1.96. The van der Waals surface area contributed by atoms with Crippen molar-refractivity contribution in [2.75, 3.05) is 6.54 Å². The van der Waals surface area contributed by atoms with Crippen molar-refractivity contribution in [3.8, 4) is 0 Å². The van der Waals surface area contributed by atoms with Gasteiger partial charge in [-0.25, -0.2) is 0 Å². The number of nitrogens with one attached hydrogen (secondary N) is 1. The first-order valence-corrected chi connectivity index (χ1v) is 6.80. The largest absolute Gasteiger partial charge is 0.369 e. The van der Waals surface area contributed by atoms with Crippen LogP contribution in [0, 0.1) is 5.92 Å². The SMILES string of the molecule is NCCn1cc(C(=O)NC2CCC(C(N)=O)CC2)nn1. The van der Waals surface area contributed by atoms with Crippen LogP contribution in [-0.4, -0.2) is 39.4 Å². The number of hydrogen-bond acceptors (Lipinski definition) is 5. The third-order valence-corrected chi connectivity index (χ3v) is 3.59. The highest BCUT2D eigenvalue weighted by molar-refractivity contribution is 5.92. The summed E-state index contributed by atoms with van der Waals surface area (Å²) in [5.74, 6) is -0.552. The lowest BCUT2D eigenvalue weighted by Crippen LogP contribution is -2.39. The van der Waals surface area contributed by atoms with E-state index in [9.17, 15) is 9.59 Å². The first-order chi connectivity index (χ1) is 9.60. The van der Waals surface area contributed by atoms with Gasteiger partial charge in [0.05, 0.1) is 12.7 Å². The number of carbonyl (C=O) groups excluding carboxylic acids is 2. The van der Waals surface area contributed by atoms with Crippen LogP contribution in [0.25, 0.3) is 0 Å². The van der Waals surface area contributed by atoms with Crippen LogP contribution in [0.2, 0.25) is 0 Å². The standard InChI is InChI=1S/C12H20N6O2/c13-5-6-18-7-10(16-17-18)12(20)15-9-3-1-8(2-4-9)11(14)19/h7-9H,1-6,13H2,(H2,14,19)(H,15,20). The van der Waals surface area contributed by atoms with Crippen LogP contribution in [0.15, 0.2) is 6.20 Å². The van der Waals surface area contributed by atoms with Crippen LogP contribution in [0.4, 0.5) is 0 Å². The summed E-state index contributed by atoms with van der Waals surface area (Å²) >= 11 is 0. The monoisotopic (exact) mass is 280 g/mol. The number of rotatable bonds is 5. The molecule has 1 aliphatic rings. The van der Waals surface area contributed by atoms with Crippen molar-refractivity contribution in [2.24, 2.45) is 17.4 Å². The van der Waals surface area contributed by atoms with Crippen LogP contribution >= 0.6 is 0 Å². The summed E-state index contributed by atoms with van der Waals surface area (Å²) in [6.45, 7) is 0.978. The molecule has 2 rings (SSSR count). The van der Waals surface area contributed by atoms with Gasteiger partial charge in [0, 0.05) is 18.5 Å². The van der Waals surface area contributed by atoms with Crippen LogP contribution in [0.3, 0.4) is 0 Å². The number of hydrogen-bond donors (Lipinski definition) is 3. The lowest BCUT2D eigenvalue weighted by molar-refractivity contribution is -0.122. The Labute approximate surface area is 116 Å². The van der Waals surface area contributed by atoms with Gasteiger partial charge >= 0.3 is 0 Å². The minimum atomic E-state index is -0.250. The van der Waals surface area contributed by atoms with E-state index in [1.165, 1.54) is 0 Å². The van der Waals surface area contributed by atoms with Gasteiger partial charge in [0.2, 0.25) is 5.91 Å². The molecule has 8 nitrogen and oxygen atoms in total. The molecule has 20 heavy (non-hydrogen) atoms. The molecule has 1 aromatic rings. The molecule has 0 aliphatic heterocycles. The number of nitrogens with two attached hydrogens (primary N) is 2. The maximum atomic E-state index is 12.0. The van der Waals surface area contributed by atoms with Crippen LogP contribution < -0.4 is 16.8 Å². The Morgan fingerprint density at radius 2 is 2.05 bits per heavy atom. The third-order valence-electron chi connectivity index (χ3n) is 3.59. The van der Waals surface area contributed by atoms with Crippen molar-refractivity contribution < 1.29 is 9.59 Å². The van der Waals surface area contributed by atoms with Crippen LogP contribution in [-0.2, 0) is 11.3 Å². The topological polar surface area (TPSA) is 129 Å². The number of primary amides is 1. The molecule has 0 atom stereocenters. The quantitative estimate of drug-likeness (QED) is 0.638. The predicted octanol–water partition coefficient (Wildman–Crippen LogP) is -0.989. The molecule has 5 N–H and O–H groups in total. The van der Waals surface area contributed by atoms with Crippen molar-refractivity contribution in [1.82, 2.24) is 20.3 Å². The molecule has 1 aliphatic carbocycles. The fourth-order valence-electron chi connectivity index (χ4n) is 2.43. The highest BCUT2D eigenvalue weighted by Crippen LogP contribution is 2.24. The van der Waals surface area contributed by atoms with Crippen molar-refractivity contribution in [3.05, 3.63) is 11.9 Å². The molecular formula is C12H20N6O2. The molecule has 0 radical (unpaired) electrons. The van der Waals surface area contributed by atoms with E-state index in [2.05, 4.69) is 15.6 Å². The van der Waals surface area contributed by atoms with Crippen molar-refractivity contribution >= 4 is 11.8 Å². The number of carbonyl (C=O) groups is 2. The van der Waals surface area contributed by atoms with Crippen molar-refractivity contribution in [3.63, 3.8) is 0 Å². The van der Waals surface area contributed by atoms with E-state index in [-0.39, 0.29) is 29.5 Å². The lowest BCUT2D eigenvalue weighted by atomic mass is 9.85. The van der Waals surface area contributed by atoms with Crippen molar-refractivity contribution in [2.45, 2.75) is 38.3 Å². The van der Waals surface area contributed by atoms with Gasteiger partial charge in [-0.05, 0) is 25.7 Å². The Kier molecular flexibility index (Phi) is 4.67. The van der Waals surface area contributed by atoms with Gasteiger partial charge in [-0.15, -0.1) is 5.10 Å². The first-order valence-electron chi connectivity index (χ1n) is 6.80. The Balaban J connectivity index is 1.84. The van der Waals surface area contributed by atoms with Gasteiger partial charge in [-0.2, -0.15) is 0 Å². The molecule has 1 heterocycles. The van der Waals surface area contributed by atoms with Crippen LogP contribution in [0.5, 0.6) is 0 Å². The molecule has 0 bridgehead atoms. The lowest BCUT2D eigenvalue weighted by Gasteiger charge is -2.26. The van der Waals surface area contributed by atoms with Crippen LogP contribution in [0.1, 0.15) is 36.2 Å². The molecular weight excluding hydrogens is 260 g/mol. The molecule has 0 saturated heterocycles.